The zero-order valence-electron chi connectivity index (χ0n) is 6.58. The van der Waals surface area contributed by atoms with Gasteiger partial charge in [0, 0.05) is 6.42 Å². The van der Waals surface area contributed by atoms with E-state index in [9.17, 15) is 9.59 Å². The SMILES string of the molecule is C=CCCC(=O)NOC(=O)N=C. The number of hydroxylamine groups is 1. The number of carbonyl (C=O) groups excluding carboxylic acids is 2. The molecule has 0 aliphatic rings. The molecule has 0 aromatic heterocycles. The Kier molecular flexibility index (Phi) is 5.25. The molecule has 0 radical (unpaired) electrons. The van der Waals surface area contributed by atoms with Crippen molar-refractivity contribution >= 4 is 18.7 Å². The van der Waals surface area contributed by atoms with Gasteiger partial charge in [-0.05, 0) is 13.1 Å². The third kappa shape index (κ3) is 5.16. The summed E-state index contributed by atoms with van der Waals surface area (Å²) in [5, 5.41) is 0. The maximum atomic E-state index is 10.7. The molecule has 0 unspecified atom stereocenters. The van der Waals surface area contributed by atoms with Crippen molar-refractivity contribution < 1.29 is 14.4 Å². The fourth-order valence-electron chi connectivity index (χ4n) is 0.417. The fraction of sp³-hybridized carbons (Fsp3) is 0.286. The minimum Gasteiger partial charge on any atom is -0.320 e. The Morgan fingerprint density at radius 1 is 1.58 bits per heavy atom. The molecule has 5 nitrogen and oxygen atoms in total. The van der Waals surface area contributed by atoms with Gasteiger partial charge in [0.05, 0.1) is 0 Å². The van der Waals surface area contributed by atoms with Crippen LogP contribution in [-0.4, -0.2) is 18.7 Å². The molecule has 12 heavy (non-hydrogen) atoms. The fourth-order valence-corrected chi connectivity index (χ4v) is 0.417. The van der Waals surface area contributed by atoms with Gasteiger partial charge in [0.25, 0.3) is 5.91 Å². The highest BCUT2D eigenvalue weighted by molar-refractivity contribution is 5.78. The summed E-state index contributed by atoms with van der Waals surface area (Å²) >= 11 is 0. The van der Waals surface area contributed by atoms with Crippen molar-refractivity contribution in [3.63, 3.8) is 0 Å². The predicted octanol–water partition coefficient (Wildman–Crippen LogP) is 0.821. The molecule has 0 heterocycles. The van der Waals surface area contributed by atoms with E-state index in [1.165, 1.54) is 0 Å². The van der Waals surface area contributed by atoms with E-state index in [4.69, 9.17) is 0 Å². The number of hydrogen-bond donors (Lipinski definition) is 1. The number of aliphatic imine (C=N–C) groups is 1. The molecule has 0 aliphatic heterocycles. The molecule has 0 aromatic carbocycles. The molecule has 1 N–H and O–H groups in total. The Morgan fingerprint density at radius 2 is 2.25 bits per heavy atom. The number of rotatable bonds is 3. The molecule has 5 heteroatoms. The van der Waals surface area contributed by atoms with Crippen LogP contribution in [0.4, 0.5) is 4.79 Å². The number of allylic oxidation sites excluding steroid dienone is 1. The van der Waals surface area contributed by atoms with Gasteiger partial charge < -0.3 is 4.84 Å². The second kappa shape index (κ2) is 6.09. The Labute approximate surface area is 70.1 Å². The molecular weight excluding hydrogens is 160 g/mol. The zero-order valence-corrected chi connectivity index (χ0v) is 6.58. The first-order valence-corrected chi connectivity index (χ1v) is 3.28. The summed E-state index contributed by atoms with van der Waals surface area (Å²) in [4.78, 5) is 28.1. The Hall–Kier alpha value is -1.65. The van der Waals surface area contributed by atoms with Gasteiger partial charge in [0.2, 0.25) is 0 Å². The second-order valence-electron chi connectivity index (χ2n) is 1.88. The van der Waals surface area contributed by atoms with Crippen LogP contribution in [0.25, 0.3) is 0 Å². The van der Waals surface area contributed by atoms with Gasteiger partial charge in [0.1, 0.15) is 0 Å². The van der Waals surface area contributed by atoms with E-state index in [-0.39, 0.29) is 6.42 Å². The summed E-state index contributed by atoms with van der Waals surface area (Å²) < 4.78 is 0. The van der Waals surface area contributed by atoms with Crippen LogP contribution in [0, 0.1) is 0 Å². The third-order valence-corrected chi connectivity index (χ3v) is 0.957. The van der Waals surface area contributed by atoms with E-state index in [2.05, 4.69) is 23.1 Å². The highest BCUT2D eigenvalue weighted by Crippen LogP contribution is 1.88. The summed E-state index contributed by atoms with van der Waals surface area (Å²) in [5.74, 6) is -0.396. The highest BCUT2D eigenvalue weighted by atomic mass is 16.7. The number of hydrogen-bond acceptors (Lipinski definition) is 3. The molecule has 0 rings (SSSR count). The smallest absolute Gasteiger partial charge is 0.320 e. The Bertz CT molecular complexity index is 201. The molecule has 0 spiro atoms. The Balaban J connectivity index is 3.49. The molecule has 0 fully saturated rings. The summed E-state index contributed by atoms with van der Waals surface area (Å²) in [7, 11) is 0. The van der Waals surface area contributed by atoms with Crippen LogP contribution in [0.2, 0.25) is 0 Å². The predicted molar refractivity (Wildman–Crippen MR) is 43.6 cm³/mol. The van der Waals surface area contributed by atoms with Crippen molar-refractivity contribution in [2.24, 2.45) is 4.99 Å². The first-order valence-electron chi connectivity index (χ1n) is 3.28. The minimum atomic E-state index is -0.929. The number of carbonyl (C=O) groups is 2. The average Bonchev–Trinajstić information content (AvgIpc) is 2.10. The van der Waals surface area contributed by atoms with Crippen molar-refractivity contribution in [3.05, 3.63) is 12.7 Å². The molecule has 0 aromatic rings. The van der Waals surface area contributed by atoms with Crippen LogP contribution >= 0.6 is 0 Å². The Morgan fingerprint density at radius 3 is 2.75 bits per heavy atom. The molecule has 0 atom stereocenters. The monoisotopic (exact) mass is 170 g/mol. The van der Waals surface area contributed by atoms with Crippen LogP contribution in [0.5, 0.6) is 0 Å². The van der Waals surface area contributed by atoms with E-state index in [1.54, 1.807) is 6.08 Å². The molecule has 0 saturated heterocycles. The minimum absolute atomic E-state index is 0.230. The number of nitrogens with one attached hydrogen (secondary N) is 1. The lowest BCUT2D eigenvalue weighted by Crippen LogP contribution is -2.25. The topological polar surface area (TPSA) is 67.8 Å². The summed E-state index contributed by atoms with van der Waals surface area (Å²) in [5.41, 5.74) is 1.90. The number of nitrogens with zero attached hydrogens (tertiary/aromatic N) is 1. The van der Waals surface area contributed by atoms with Crippen LogP contribution in [0.15, 0.2) is 17.6 Å². The normalized spacial score (nSPS) is 8.33. The van der Waals surface area contributed by atoms with Crippen molar-refractivity contribution in [2.45, 2.75) is 12.8 Å². The third-order valence-electron chi connectivity index (χ3n) is 0.957. The van der Waals surface area contributed by atoms with Gasteiger partial charge in [-0.3, -0.25) is 4.79 Å². The van der Waals surface area contributed by atoms with E-state index in [0.717, 1.165) is 0 Å². The van der Waals surface area contributed by atoms with Gasteiger partial charge in [-0.15, -0.1) is 6.58 Å². The van der Waals surface area contributed by atoms with E-state index >= 15 is 0 Å². The van der Waals surface area contributed by atoms with Crippen LogP contribution in [-0.2, 0) is 9.63 Å². The lowest BCUT2D eigenvalue weighted by Gasteiger charge is -2.00. The van der Waals surface area contributed by atoms with E-state index in [1.807, 2.05) is 5.48 Å². The lowest BCUT2D eigenvalue weighted by atomic mass is 10.3. The molecular formula is C7H10N2O3. The van der Waals surface area contributed by atoms with Crippen LogP contribution in [0.3, 0.4) is 0 Å². The highest BCUT2D eigenvalue weighted by Gasteiger charge is 2.02. The molecule has 0 saturated carbocycles. The average molecular weight is 170 g/mol. The van der Waals surface area contributed by atoms with Crippen molar-refractivity contribution in [1.82, 2.24) is 5.48 Å². The largest absolute Gasteiger partial charge is 0.457 e. The van der Waals surface area contributed by atoms with Crippen LogP contribution < -0.4 is 5.48 Å². The second-order valence-corrected chi connectivity index (χ2v) is 1.88. The lowest BCUT2D eigenvalue weighted by molar-refractivity contribution is -0.129. The van der Waals surface area contributed by atoms with Gasteiger partial charge in [-0.2, -0.15) is 10.5 Å². The zero-order chi connectivity index (χ0) is 9.40. The van der Waals surface area contributed by atoms with Gasteiger partial charge in [0.15, 0.2) is 0 Å². The van der Waals surface area contributed by atoms with Gasteiger partial charge >= 0.3 is 6.09 Å². The quantitative estimate of drug-likeness (QED) is 0.387. The van der Waals surface area contributed by atoms with E-state index < -0.39 is 12.0 Å². The van der Waals surface area contributed by atoms with Gasteiger partial charge in [-0.25, -0.2) is 4.79 Å². The molecule has 0 aliphatic carbocycles. The van der Waals surface area contributed by atoms with Crippen molar-refractivity contribution in [3.8, 4) is 0 Å². The summed E-state index contributed by atoms with van der Waals surface area (Å²) in [6, 6.07) is 0. The first-order chi connectivity index (χ1) is 5.70. The van der Waals surface area contributed by atoms with Gasteiger partial charge in [-0.1, -0.05) is 6.08 Å². The molecule has 66 valence electrons. The maximum Gasteiger partial charge on any atom is 0.457 e. The van der Waals surface area contributed by atoms with Crippen molar-refractivity contribution in [2.75, 3.05) is 0 Å². The molecule has 0 bridgehead atoms. The van der Waals surface area contributed by atoms with E-state index in [0.29, 0.717) is 6.42 Å². The standard InChI is InChI=1S/C7H10N2O3/c1-3-4-5-6(10)9-12-7(11)8-2/h3H,1-2,4-5H2,(H,9,10). The summed E-state index contributed by atoms with van der Waals surface area (Å²) in [6.45, 7) is 6.34. The van der Waals surface area contributed by atoms with Crippen molar-refractivity contribution in [1.29, 1.82) is 0 Å². The summed E-state index contributed by atoms with van der Waals surface area (Å²) in [6.07, 6.45) is 1.42. The maximum absolute atomic E-state index is 10.7. The first kappa shape index (κ1) is 10.3. The van der Waals surface area contributed by atoms with Crippen LogP contribution in [0.1, 0.15) is 12.8 Å². The molecule has 2 amide bonds. The number of amides is 2.